The number of hydrogen-bond acceptors (Lipinski definition) is 1. The summed E-state index contributed by atoms with van der Waals surface area (Å²) in [5, 5.41) is 9.14. The van der Waals surface area contributed by atoms with E-state index in [9.17, 15) is 4.79 Å². The topological polar surface area (TPSA) is 53.1 Å². The van der Waals surface area contributed by atoms with Gasteiger partial charge in [0.25, 0.3) is 0 Å². The maximum atomic E-state index is 11.1. The second kappa shape index (κ2) is 1.97. The molecular formula is C10H11NO2. The third kappa shape index (κ3) is 0.767. The zero-order valence-corrected chi connectivity index (χ0v) is 7.21. The first-order valence-corrected chi connectivity index (χ1v) is 4.62. The van der Waals surface area contributed by atoms with E-state index in [0.717, 1.165) is 30.5 Å². The average molecular weight is 177 g/mol. The summed E-state index contributed by atoms with van der Waals surface area (Å²) >= 11 is 0. The van der Waals surface area contributed by atoms with Crippen molar-refractivity contribution in [3.05, 3.63) is 23.5 Å². The summed E-state index contributed by atoms with van der Waals surface area (Å²) in [4.78, 5) is 14.2. The molecule has 0 bridgehead atoms. The molecule has 1 saturated carbocycles. The number of nitrogens with one attached hydrogen (secondary N) is 1. The first-order chi connectivity index (χ1) is 6.23. The fourth-order valence-corrected chi connectivity index (χ4v) is 2.64. The van der Waals surface area contributed by atoms with Crippen molar-refractivity contribution in [1.29, 1.82) is 0 Å². The average Bonchev–Trinajstić information content (AvgIpc) is 2.49. The number of H-pyrrole nitrogens is 1. The third-order valence-electron chi connectivity index (χ3n) is 3.46. The Balaban J connectivity index is 2.11. The highest BCUT2D eigenvalue weighted by Crippen LogP contribution is 2.62. The van der Waals surface area contributed by atoms with Crippen molar-refractivity contribution < 1.29 is 9.90 Å². The SMILES string of the molecule is O=C(O)C1c2cc[nH]c2CC12CC2. The minimum absolute atomic E-state index is 0.0915. The lowest BCUT2D eigenvalue weighted by Crippen LogP contribution is -2.18. The van der Waals surface area contributed by atoms with E-state index in [1.54, 1.807) is 0 Å². The van der Waals surface area contributed by atoms with Gasteiger partial charge in [0.05, 0.1) is 5.92 Å². The maximum Gasteiger partial charge on any atom is 0.311 e. The Morgan fingerprint density at radius 3 is 3.00 bits per heavy atom. The van der Waals surface area contributed by atoms with Crippen molar-refractivity contribution in [2.24, 2.45) is 5.41 Å². The summed E-state index contributed by atoms with van der Waals surface area (Å²) in [5.41, 5.74) is 2.25. The Kier molecular flexibility index (Phi) is 1.09. The van der Waals surface area contributed by atoms with Crippen LogP contribution in [0.1, 0.15) is 30.0 Å². The molecule has 0 aliphatic heterocycles. The normalized spacial score (nSPS) is 27.5. The van der Waals surface area contributed by atoms with Crippen molar-refractivity contribution in [3.63, 3.8) is 0 Å². The summed E-state index contributed by atoms with van der Waals surface area (Å²) in [6, 6.07) is 1.92. The zero-order valence-electron chi connectivity index (χ0n) is 7.21. The number of carboxylic acid groups (broad SMARTS) is 1. The van der Waals surface area contributed by atoms with Crippen LogP contribution in [0.5, 0.6) is 0 Å². The van der Waals surface area contributed by atoms with Crippen LogP contribution in [0.15, 0.2) is 12.3 Å². The summed E-state index contributed by atoms with van der Waals surface area (Å²) in [5.74, 6) is -0.899. The fraction of sp³-hybridized carbons (Fsp3) is 0.500. The van der Waals surface area contributed by atoms with Gasteiger partial charge >= 0.3 is 5.97 Å². The van der Waals surface area contributed by atoms with Crippen molar-refractivity contribution in [1.82, 2.24) is 4.98 Å². The van der Waals surface area contributed by atoms with E-state index in [0.29, 0.717) is 0 Å². The van der Waals surface area contributed by atoms with Crippen LogP contribution in [0.2, 0.25) is 0 Å². The highest BCUT2D eigenvalue weighted by molar-refractivity contribution is 5.80. The Morgan fingerprint density at radius 1 is 1.62 bits per heavy atom. The molecule has 1 aromatic rings. The van der Waals surface area contributed by atoms with Gasteiger partial charge in [-0.15, -0.1) is 0 Å². The van der Waals surface area contributed by atoms with Crippen molar-refractivity contribution in [2.75, 3.05) is 0 Å². The highest BCUT2D eigenvalue weighted by Gasteiger charge is 2.57. The molecule has 1 atom stereocenters. The van der Waals surface area contributed by atoms with Crippen molar-refractivity contribution in [2.45, 2.75) is 25.2 Å². The van der Waals surface area contributed by atoms with Gasteiger partial charge in [0, 0.05) is 11.9 Å². The molecule has 0 saturated heterocycles. The van der Waals surface area contributed by atoms with Crippen LogP contribution in [-0.2, 0) is 11.2 Å². The van der Waals surface area contributed by atoms with Crippen LogP contribution in [0.4, 0.5) is 0 Å². The highest BCUT2D eigenvalue weighted by atomic mass is 16.4. The minimum Gasteiger partial charge on any atom is -0.481 e. The minimum atomic E-state index is -0.657. The molecule has 3 heteroatoms. The fourth-order valence-electron chi connectivity index (χ4n) is 2.64. The van der Waals surface area contributed by atoms with Crippen LogP contribution < -0.4 is 0 Å². The second-order valence-corrected chi connectivity index (χ2v) is 4.22. The van der Waals surface area contributed by atoms with Crippen molar-refractivity contribution in [3.8, 4) is 0 Å². The zero-order chi connectivity index (χ0) is 9.05. The summed E-state index contributed by atoms with van der Waals surface area (Å²) in [7, 11) is 0. The molecule has 3 nitrogen and oxygen atoms in total. The van der Waals surface area contributed by atoms with Gasteiger partial charge in [-0.2, -0.15) is 0 Å². The molecule has 0 radical (unpaired) electrons. The van der Waals surface area contributed by atoms with E-state index in [1.165, 1.54) is 0 Å². The molecule has 1 spiro atoms. The molecule has 2 N–H and O–H groups in total. The lowest BCUT2D eigenvalue weighted by molar-refractivity contribution is -0.140. The van der Waals surface area contributed by atoms with E-state index in [4.69, 9.17) is 5.11 Å². The Hall–Kier alpha value is -1.25. The van der Waals surface area contributed by atoms with Gasteiger partial charge in [-0.1, -0.05) is 0 Å². The molecule has 1 unspecified atom stereocenters. The molecule has 68 valence electrons. The number of aromatic nitrogens is 1. The van der Waals surface area contributed by atoms with Gasteiger partial charge in [-0.3, -0.25) is 4.79 Å². The first kappa shape index (κ1) is 7.18. The number of fused-ring (bicyclic) bond motifs is 1. The van der Waals surface area contributed by atoms with Crippen LogP contribution in [0.3, 0.4) is 0 Å². The Morgan fingerprint density at radius 2 is 2.38 bits per heavy atom. The van der Waals surface area contributed by atoms with Crippen LogP contribution in [0, 0.1) is 5.41 Å². The quantitative estimate of drug-likeness (QED) is 0.683. The number of hydrogen-bond donors (Lipinski definition) is 2. The van der Waals surface area contributed by atoms with E-state index < -0.39 is 5.97 Å². The molecule has 2 aliphatic carbocycles. The lowest BCUT2D eigenvalue weighted by atomic mass is 9.90. The number of aliphatic carboxylic acids is 1. The smallest absolute Gasteiger partial charge is 0.311 e. The number of carbonyl (C=O) groups is 1. The van der Waals surface area contributed by atoms with Crippen LogP contribution in [0.25, 0.3) is 0 Å². The standard InChI is InChI=1S/C10H11NO2/c12-9(13)8-6-1-4-11-7(6)5-10(8)2-3-10/h1,4,8,11H,2-3,5H2,(H,12,13). The monoisotopic (exact) mass is 177 g/mol. The maximum absolute atomic E-state index is 11.1. The van der Waals surface area contributed by atoms with Gasteiger partial charge < -0.3 is 10.1 Å². The molecule has 1 aromatic heterocycles. The van der Waals surface area contributed by atoms with Gasteiger partial charge in [-0.05, 0) is 36.3 Å². The molecule has 13 heavy (non-hydrogen) atoms. The van der Waals surface area contributed by atoms with Gasteiger partial charge in [0.15, 0.2) is 0 Å². The van der Waals surface area contributed by atoms with E-state index in [1.807, 2.05) is 12.3 Å². The van der Waals surface area contributed by atoms with Crippen LogP contribution in [-0.4, -0.2) is 16.1 Å². The Bertz CT molecular complexity index is 376. The van der Waals surface area contributed by atoms with Crippen molar-refractivity contribution >= 4 is 5.97 Å². The van der Waals surface area contributed by atoms with E-state index >= 15 is 0 Å². The largest absolute Gasteiger partial charge is 0.481 e. The van der Waals surface area contributed by atoms with E-state index in [-0.39, 0.29) is 11.3 Å². The molecule has 3 rings (SSSR count). The Labute approximate surface area is 75.8 Å². The lowest BCUT2D eigenvalue weighted by Gasteiger charge is -2.13. The van der Waals surface area contributed by atoms with Gasteiger partial charge in [0.2, 0.25) is 0 Å². The predicted octanol–water partition coefficient (Wildman–Crippen LogP) is 1.52. The second-order valence-electron chi connectivity index (χ2n) is 4.22. The van der Waals surface area contributed by atoms with E-state index in [2.05, 4.69) is 4.98 Å². The number of rotatable bonds is 1. The predicted molar refractivity (Wildman–Crippen MR) is 46.5 cm³/mol. The van der Waals surface area contributed by atoms with Crippen LogP contribution >= 0.6 is 0 Å². The summed E-state index contributed by atoms with van der Waals surface area (Å²) in [6.45, 7) is 0. The van der Waals surface area contributed by atoms with Gasteiger partial charge in [-0.25, -0.2) is 0 Å². The molecule has 2 aliphatic rings. The molecule has 0 aromatic carbocycles. The molecule has 1 fully saturated rings. The first-order valence-electron chi connectivity index (χ1n) is 4.62. The molecule has 0 amide bonds. The number of carboxylic acids is 1. The summed E-state index contributed by atoms with van der Waals surface area (Å²) < 4.78 is 0. The third-order valence-corrected chi connectivity index (χ3v) is 3.46. The molecule has 1 heterocycles. The summed E-state index contributed by atoms with van der Waals surface area (Å²) in [6.07, 6.45) is 4.93. The number of aromatic amines is 1. The van der Waals surface area contributed by atoms with Gasteiger partial charge in [0.1, 0.15) is 0 Å². The molecular weight excluding hydrogens is 166 g/mol.